The lowest BCUT2D eigenvalue weighted by Gasteiger charge is -2.27. The Morgan fingerprint density at radius 3 is 2.50 bits per heavy atom. The van der Waals surface area contributed by atoms with Crippen LogP contribution in [-0.4, -0.2) is 18.0 Å². The van der Waals surface area contributed by atoms with Gasteiger partial charge in [0.25, 0.3) is 0 Å². The molecule has 0 atom stereocenters. The predicted octanol–water partition coefficient (Wildman–Crippen LogP) is 1.77. The molecule has 1 fully saturated rings. The topological polar surface area (TPSA) is 88.2 Å². The van der Waals surface area contributed by atoms with Crippen LogP contribution in [0.15, 0.2) is 30.3 Å². The molecule has 5 heteroatoms. The maximum atomic E-state index is 12.0. The second kappa shape index (κ2) is 6.93. The Bertz CT molecular complexity index is 453. The standard InChI is InChI=1S/C15H21N3O2/c16-15(17)18-13-8-6-12(7-9-13)14(19)20-10-11-4-2-1-3-5-11/h1-5,12-13H,6-10H2,(H4,16,17,18)/t12-,13+. The van der Waals surface area contributed by atoms with Gasteiger partial charge in [-0.15, -0.1) is 0 Å². The van der Waals surface area contributed by atoms with Gasteiger partial charge in [-0.2, -0.15) is 0 Å². The lowest BCUT2D eigenvalue weighted by atomic mass is 9.86. The molecule has 2 rings (SSSR count). The maximum Gasteiger partial charge on any atom is 0.309 e. The number of guanidine groups is 1. The number of ether oxygens (including phenoxy) is 1. The third-order valence-electron chi connectivity index (χ3n) is 3.64. The number of hydrogen-bond acceptors (Lipinski definition) is 3. The van der Waals surface area contributed by atoms with Crippen LogP contribution in [-0.2, 0) is 16.1 Å². The summed E-state index contributed by atoms with van der Waals surface area (Å²) < 4.78 is 5.36. The number of nitrogens with one attached hydrogen (secondary N) is 2. The molecule has 0 saturated heterocycles. The first-order valence-electron chi connectivity index (χ1n) is 6.96. The van der Waals surface area contributed by atoms with Gasteiger partial charge < -0.3 is 15.8 Å². The number of esters is 1. The summed E-state index contributed by atoms with van der Waals surface area (Å²) >= 11 is 0. The van der Waals surface area contributed by atoms with Crippen molar-refractivity contribution in [3.63, 3.8) is 0 Å². The first-order chi connectivity index (χ1) is 9.65. The first-order valence-corrected chi connectivity index (χ1v) is 6.96. The Balaban J connectivity index is 1.73. The van der Waals surface area contributed by atoms with Gasteiger partial charge in [0.05, 0.1) is 5.92 Å². The molecule has 1 aromatic carbocycles. The minimum atomic E-state index is -0.116. The number of rotatable bonds is 4. The molecule has 0 aromatic heterocycles. The van der Waals surface area contributed by atoms with Gasteiger partial charge in [0.2, 0.25) is 0 Å². The number of nitrogens with two attached hydrogens (primary N) is 1. The average molecular weight is 275 g/mol. The van der Waals surface area contributed by atoms with Crippen LogP contribution in [0.1, 0.15) is 31.2 Å². The summed E-state index contributed by atoms with van der Waals surface area (Å²) in [5.74, 6) is -0.140. The molecular weight excluding hydrogens is 254 g/mol. The number of carbonyl (C=O) groups is 1. The minimum Gasteiger partial charge on any atom is -0.461 e. The largest absolute Gasteiger partial charge is 0.461 e. The van der Waals surface area contributed by atoms with Crippen molar-refractivity contribution >= 4 is 11.9 Å². The van der Waals surface area contributed by atoms with Crippen LogP contribution >= 0.6 is 0 Å². The van der Waals surface area contributed by atoms with Crippen molar-refractivity contribution in [3.8, 4) is 0 Å². The highest BCUT2D eigenvalue weighted by atomic mass is 16.5. The summed E-state index contributed by atoms with van der Waals surface area (Å²) in [5.41, 5.74) is 6.32. The van der Waals surface area contributed by atoms with E-state index >= 15 is 0 Å². The number of carbonyl (C=O) groups excluding carboxylic acids is 1. The molecule has 0 amide bonds. The van der Waals surface area contributed by atoms with Crippen molar-refractivity contribution < 1.29 is 9.53 Å². The van der Waals surface area contributed by atoms with E-state index in [1.54, 1.807) is 0 Å². The molecule has 20 heavy (non-hydrogen) atoms. The fourth-order valence-corrected chi connectivity index (χ4v) is 2.54. The molecule has 1 aromatic rings. The molecule has 0 radical (unpaired) electrons. The third-order valence-corrected chi connectivity index (χ3v) is 3.64. The van der Waals surface area contributed by atoms with Crippen LogP contribution in [0.3, 0.4) is 0 Å². The summed E-state index contributed by atoms with van der Waals surface area (Å²) in [5, 5.41) is 10.1. The summed E-state index contributed by atoms with van der Waals surface area (Å²) in [6.07, 6.45) is 3.28. The van der Waals surface area contributed by atoms with E-state index in [-0.39, 0.29) is 23.9 Å². The average Bonchev–Trinajstić information content (AvgIpc) is 2.46. The molecule has 1 aliphatic carbocycles. The SMILES string of the molecule is N=C(N)N[C@H]1CC[C@@H](C(=O)OCc2ccccc2)CC1. The minimum absolute atomic E-state index is 0.0000964. The van der Waals surface area contributed by atoms with Gasteiger partial charge in [0.1, 0.15) is 6.61 Å². The molecule has 0 aliphatic heterocycles. The Kier molecular flexibility index (Phi) is 4.98. The highest BCUT2D eigenvalue weighted by Crippen LogP contribution is 2.25. The van der Waals surface area contributed by atoms with Crippen LogP contribution in [0.25, 0.3) is 0 Å². The van der Waals surface area contributed by atoms with Gasteiger partial charge in [-0.25, -0.2) is 0 Å². The first kappa shape index (κ1) is 14.4. The molecule has 1 aliphatic rings. The summed E-state index contributed by atoms with van der Waals surface area (Å²) in [4.78, 5) is 12.0. The molecule has 1 saturated carbocycles. The molecule has 4 N–H and O–H groups in total. The third kappa shape index (κ3) is 4.26. The Morgan fingerprint density at radius 2 is 1.90 bits per heavy atom. The Morgan fingerprint density at radius 1 is 1.25 bits per heavy atom. The van der Waals surface area contributed by atoms with Crippen molar-refractivity contribution in [2.24, 2.45) is 11.7 Å². The van der Waals surface area contributed by atoms with Crippen molar-refractivity contribution in [1.82, 2.24) is 5.32 Å². The van der Waals surface area contributed by atoms with E-state index in [0.717, 1.165) is 31.2 Å². The predicted molar refractivity (Wildman–Crippen MR) is 77.0 cm³/mol. The van der Waals surface area contributed by atoms with Gasteiger partial charge in [0.15, 0.2) is 5.96 Å². The Hall–Kier alpha value is -2.04. The molecule has 0 spiro atoms. The second-order valence-corrected chi connectivity index (χ2v) is 5.20. The number of hydrogen-bond donors (Lipinski definition) is 3. The van der Waals surface area contributed by atoms with E-state index in [0.29, 0.717) is 6.61 Å². The van der Waals surface area contributed by atoms with Gasteiger partial charge in [0, 0.05) is 6.04 Å². The van der Waals surface area contributed by atoms with Crippen molar-refractivity contribution in [2.45, 2.75) is 38.3 Å². The molecule has 0 bridgehead atoms. The highest BCUT2D eigenvalue weighted by molar-refractivity contribution is 5.75. The van der Waals surface area contributed by atoms with Crippen LogP contribution in [0.2, 0.25) is 0 Å². The zero-order valence-electron chi connectivity index (χ0n) is 11.5. The smallest absolute Gasteiger partial charge is 0.309 e. The maximum absolute atomic E-state index is 12.0. The monoisotopic (exact) mass is 275 g/mol. The van der Waals surface area contributed by atoms with Crippen molar-refractivity contribution in [3.05, 3.63) is 35.9 Å². The molecule has 0 heterocycles. The van der Waals surface area contributed by atoms with Crippen molar-refractivity contribution in [2.75, 3.05) is 0 Å². The van der Waals surface area contributed by atoms with E-state index in [1.165, 1.54) is 0 Å². The fraction of sp³-hybridized carbons (Fsp3) is 0.467. The lowest BCUT2D eigenvalue weighted by Crippen LogP contribution is -2.42. The van der Waals surface area contributed by atoms with Crippen LogP contribution < -0.4 is 11.1 Å². The molecule has 0 unspecified atom stereocenters. The van der Waals surface area contributed by atoms with Gasteiger partial charge in [-0.1, -0.05) is 30.3 Å². The molecule has 108 valence electrons. The highest BCUT2D eigenvalue weighted by Gasteiger charge is 2.27. The number of benzene rings is 1. The van der Waals surface area contributed by atoms with Crippen LogP contribution in [0.5, 0.6) is 0 Å². The van der Waals surface area contributed by atoms with Crippen LogP contribution in [0, 0.1) is 11.3 Å². The van der Waals surface area contributed by atoms with E-state index in [2.05, 4.69) is 5.32 Å². The summed E-state index contributed by atoms with van der Waals surface area (Å²) in [6, 6.07) is 9.91. The normalized spacial score (nSPS) is 22.0. The van der Waals surface area contributed by atoms with Crippen LogP contribution in [0.4, 0.5) is 0 Å². The second-order valence-electron chi connectivity index (χ2n) is 5.20. The van der Waals surface area contributed by atoms with Gasteiger partial charge in [-0.3, -0.25) is 10.2 Å². The zero-order chi connectivity index (χ0) is 14.4. The zero-order valence-corrected chi connectivity index (χ0v) is 11.5. The fourth-order valence-electron chi connectivity index (χ4n) is 2.54. The van der Waals surface area contributed by atoms with E-state index < -0.39 is 0 Å². The molecular formula is C15H21N3O2. The quantitative estimate of drug-likeness (QED) is 0.444. The summed E-state index contributed by atoms with van der Waals surface area (Å²) in [6.45, 7) is 0.339. The summed E-state index contributed by atoms with van der Waals surface area (Å²) in [7, 11) is 0. The van der Waals surface area contributed by atoms with E-state index in [1.807, 2.05) is 30.3 Å². The van der Waals surface area contributed by atoms with E-state index in [4.69, 9.17) is 15.9 Å². The van der Waals surface area contributed by atoms with Crippen molar-refractivity contribution in [1.29, 1.82) is 5.41 Å². The van der Waals surface area contributed by atoms with Gasteiger partial charge in [-0.05, 0) is 31.2 Å². The lowest BCUT2D eigenvalue weighted by molar-refractivity contribution is -0.151. The Labute approximate surface area is 119 Å². The van der Waals surface area contributed by atoms with Gasteiger partial charge >= 0.3 is 5.97 Å². The van der Waals surface area contributed by atoms with E-state index in [9.17, 15) is 4.79 Å². The molecule has 5 nitrogen and oxygen atoms in total.